The van der Waals surface area contributed by atoms with Crippen molar-refractivity contribution in [2.75, 3.05) is 7.05 Å². The van der Waals surface area contributed by atoms with Gasteiger partial charge < -0.3 is 0 Å². The molecule has 53 heavy (non-hydrogen) atoms. The molecule has 1 aliphatic heterocycles. The molecule has 274 valence electrons. The van der Waals surface area contributed by atoms with Gasteiger partial charge in [-0.3, -0.25) is 0 Å². The van der Waals surface area contributed by atoms with Crippen LogP contribution in [0.25, 0.3) is 21.5 Å². The maximum absolute atomic E-state index is 4.63. The molecule has 4 aromatic carbocycles. The van der Waals surface area contributed by atoms with Gasteiger partial charge >= 0.3 is 0 Å². The summed E-state index contributed by atoms with van der Waals surface area (Å²) in [6.45, 7) is 37.3. The van der Waals surface area contributed by atoms with E-state index >= 15 is 0 Å². The molecule has 3 aliphatic rings. The normalized spacial score (nSPS) is 19.3. The fourth-order valence-corrected chi connectivity index (χ4v) is 10.6. The third kappa shape index (κ3) is 5.43. The van der Waals surface area contributed by atoms with Crippen LogP contribution in [0.5, 0.6) is 0 Å². The number of hydrogen-bond acceptors (Lipinski definition) is 0. The molecule has 0 spiro atoms. The molecule has 0 radical (unpaired) electrons. The summed E-state index contributed by atoms with van der Waals surface area (Å²) in [6, 6.07) is 0. The highest BCUT2D eigenvalue weighted by Crippen LogP contribution is 2.48. The number of nitrogens with zero attached hydrogens (tertiary/aromatic N) is 1. The van der Waals surface area contributed by atoms with Crippen molar-refractivity contribution in [3.63, 3.8) is 0 Å². The molecule has 7 rings (SSSR count). The number of hydrogen-bond donors (Lipinski definition) is 0. The highest BCUT2D eigenvalue weighted by molar-refractivity contribution is 6.06. The molecule has 1 unspecified atom stereocenters. The smallest absolute Gasteiger partial charge is 0.198 e. The van der Waals surface area contributed by atoms with Crippen molar-refractivity contribution < 1.29 is 4.58 Å². The second-order valence-corrected chi connectivity index (χ2v) is 17.1. The monoisotopic (exact) mass is 700 g/mol. The van der Waals surface area contributed by atoms with Crippen LogP contribution in [0, 0.1) is 83.1 Å². The Balaban J connectivity index is 1.27. The zero-order valence-electron chi connectivity index (χ0n) is 35.6. The van der Waals surface area contributed by atoms with Crippen molar-refractivity contribution in [2.45, 2.75) is 135 Å². The van der Waals surface area contributed by atoms with Gasteiger partial charge in [0.25, 0.3) is 0 Å². The van der Waals surface area contributed by atoms with Crippen LogP contribution in [0.2, 0.25) is 0 Å². The summed E-state index contributed by atoms with van der Waals surface area (Å²) in [5.74, 6) is 0.410. The van der Waals surface area contributed by atoms with Gasteiger partial charge in [0.2, 0.25) is 5.69 Å². The van der Waals surface area contributed by atoms with E-state index in [-0.39, 0.29) is 0 Å². The maximum Gasteiger partial charge on any atom is 0.212 e. The Morgan fingerprint density at radius 2 is 1.06 bits per heavy atom. The zero-order valence-corrected chi connectivity index (χ0v) is 35.6. The van der Waals surface area contributed by atoms with E-state index in [0.717, 1.165) is 32.1 Å². The van der Waals surface area contributed by atoms with E-state index < -0.39 is 0 Å². The van der Waals surface area contributed by atoms with Crippen LogP contribution in [-0.2, 0) is 12.8 Å². The number of allylic oxidation sites excluding steroid dienone is 9. The first-order valence-electron chi connectivity index (χ1n) is 20.1. The fourth-order valence-electron chi connectivity index (χ4n) is 10.6. The molecule has 1 heteroatoms. The zero-order chi connectivity index (χ0) is 38.5. The Bertz CT molecular complexity index is 2510. The van der Waals surface area contributed by atoms with Gasteiger partial charge in [-0.25, -0.2) is 0 Å². The highest BCUT2D eigenvalue weighted by Gasteiger charge is 2.33. The summed E-state index contributed by atoms with van der Waals surface area (Å²) in [4.78, 5) is 0. The fraction of sp³-hybridized carbons (Fsp3) is 0.404. The first-order valence-corrected chi connectivity index (χ1v) is 20.1. The van der Waals surface area contributed by atoms with E-state index in [9.17, 15) is 0 Å². The summed E-state index contributed by atoms with van der Waals surface area (Å²) in [5, 5.41) is 5.96. The lowest BCUT2D eigenvalue weighted by molar-refractivity contribution is -0.401. The number of benzene rings is 4. The predicted molar refractivity (Wildman–Crippen MR) is 232 cm³/mol. The van der Waals surface area contributed by atoms with E-state index in [1.54, 1.807) is 11.1 Å². The highest BCUT2D eigenvalue weighted by atomic mass is 15.0. The molecule has 1 nitrogen and oxygen atoms in total. The second kappa shape index (κ2) is 13.3. The minimum absolute atomic E-state index is 0.410. The van der Waals surface area contributed by atoms with Crippen LogP contribution < -0.4 is 0 Å². The molecule has 0 N–H and O–H groups in total. The molecular weight excluding hydrogens is 639 g/mol. The lowest BCUT2D eigenvalue weighted by Crippen LogP contribution is -2.06. The molecule has 2 aliphatic carbocycles. The molecule has 0 fully saturated rings. The average molecular weight is 701 g/mol. The van der Waals surface area contributed by atoms with Crippen LogP contribution in [0.3, 0.4) is 0 Å². The third-order valence-electron chi connectivity index (χ3n) is 14.9. The summed E-state index contributed by atoms with van der Waals surface area (Å²) in [5.41, 5.74) is 31.7. The second-order valence-electron chi connectivity index (χ2n) is 17.1. The molecule has 0 amide bonds. The SMILES string of the molecule is C=C1CCCC(/C=C/C2=[N+](C)c3c(C)c(C)c4c(C)c(C)c(C)c(C)c4c3C2)=C(C)C/1=C/C=C1\Cc2c(c(C)c(C)c3c(C)c(C)c(C)c(C)c23)C1C. The first-order chi connectivity index (χ1) is 25.0. The summed E-state index contributed by atoms with van der Waals surface area (Å²) >= 11 is 0. The van der Waals surface area contributed by atoms with Crippen LogP contribution in [0.1, 0.15) is 122 Å². The van der Waals surface area contributed by atoms with E-state index in [1.807, 2.05) is 0 Å². The molecule has 0 saturated heterocycles. The lowest BCUT2D eigenvalue weighted by Gasteiger charge is -2.22. The van der Waals surface area contributed by atoms with Gasteiger partial charge in [-0.05, 0) is 232 Å². The number of fused-ring (bicyclic) bond motifs is 6. The topological polar surface area (TPSA) is 3.01 Å². The Morgan fingerprint density at radius 3 is 1.64 bits per heavy atom. The number of rotatable bonds is 3. The molecule has 0 saturated carbocycles. The van der Waals surface area contributed by atoms with E-state index in [2.05, 4.69) is 139 Å². The van der Waals surface area contributed by atoms with Crippen molar-refractivity contribution in [1.82, 2.24) is 0 Å². The van der Waals surface area contributed by atoms with E-state index in [4.69, 9.17) is 0 Å². The van der Waals surface area contributed by atoms with Gasteiger partial charge in [0.05, 0.1) is 6.42 Å². The lowest BCUT2D eigenvalue weighted by atomic mass is 9.82. The summed E-state index contributed by atoms with van der Waals surface area (Å²) in [7, 11) is 2.28. The van der Waals surface area contributed by atoms with Crippen molar-refractivity contribution in [1.29, 1.82) is 0 Å². The van der Waals surface area contributed by atoms with Gasteiger partial charge in [-0.15, -0.1) is 0 Å². The van der Waals surface area contributed by atoms with Crippen LogP contribution >= 0.6 is 0 Å². The van der Waals surface area contributed by atoms with E-state index in [1.165, 1.54) is 133 Å². The van der Waals surface area contributed by atoms with Gasteiger partial charge in [-0.2, -0.15) is 4.58 Å². The summed E-state index contributed by atoms with van der Waals surface area (Å²) < 4.78 is 2.48. The van der Waals surface area contributed by atoms with E-state index in [0.29, 0.717) is 5.92 Å². The maximum atomic E-state index is 4.63. The Hall–Kier alpha value is -4.23. The Labute approximate surface area is 320 Å². The van der Waals surface area contributed by atoms with Crippen LogP contribution in [-0.4, -0.2) is 17.3 Å². The first kappa shape index (κ1) is 37.1. The average Bonchev–Trinajstić information content (AvgIpc) is 3.59. The largest absolute Gasteiger partial charge is 0.212 e. The van der Waals surface area contributed by atoms with Crippen molar-refractivity contribution in [3.8, 4) is 0 Å². The molecule has 4 aromatic rings. The quantitative estimate of drug-likeness (QED) is 0.187. The van der Waals surface area contributed by atoms with Crippen LogP contribution in [0.4, 0.5) is 5.69 Å². The van der Waals surface area contributed by atoms with Crippen LogP contribution in [0.15, 0.2) is 58.7 Å². The molecule has 1 atom stereocenters. The van der Waals surface area contributed by atoms with Gasteiger partial charge in [0, 0.05) is 23.1 Å². The standard InChI is InChI=1S/C52H62N/c1-26-18-17-19-41(20-22-43-25-46-51-34(9)30(5)28(3)32(7)49(51)37(12)38(13)52(46)53(43)16)39(14)44(26)23-21-42-24-45-47(40(42)15)35(10)36(11)48-31(6)27(2)29(4)33(8)50(45)48/h20-23,40H,1,17-19,24-25H2,2-16H3/q+1/b22-20+,42-21+,44-23+. The molecule has 0 bridgehead atoms. The summed E-state index contributed by atoms with van der Waals surface area (Å²) in [6.07, 6.45) is 15.0. The van der Waals surface area contributed by atoms with Gasteiger partial charge in [0.1, 0.15) is 7.05 Å². The Morgan fingerprint density at radius 1 is 0.547 bits per heavy atom. The molecular formula is C52H62N+. The Kier molecular flexibility index (Phi) is 9.28. The predicted octanol–water partition coefficient (Wildman–Crippen LogP) is 13.8. The molecule has 1 heterocycles. The third-order valence-corrected chi connectivity index (χ3v) is 14.9. The van der Waals surface area contributed by atoms with Gasteiger partial charge in [0.15, 0.2) is 5.71 Å². The number of aryl methyl sites for hydroxylation is 6. The van der Waals surface area contributed by atoms with Crippen molar-refractivity contribution >= 4 is 32.9 Å². The van der Waals surface area contributed by atoms with Crippen molar-refractivity contribution in [3.05, 3.63) is 142 Å². The minimum atomic E-state index is 0.410. The van der Waals surface area contributed by atoms with Crippen molar-refractivity contribution in [2.24, 2.45) is 0 Å². The molecule has 0 aromatic heterocycles. The minimum Gasteiger partial charge on any atom is -0.198 e. The van der Waals surface area contributed by atoms with Gasteiger partial charge in [-0.1, -0.05) is 37.3 Å².